The van der Waals surface area contributed by atoms with E-state index in [1.165, 1.54) is 15.9 Å². The molecule has 0 amide bonds. The molecule has 0 heterocycles. The molecular weight excluding hydrogens is 601 g/mol. The number of ether oxygens (including phenoxy) is 3. The number of benzene rings is 4. The molecule has 0 aliphatic carbocycles. The van der Waals surface area contributed by atoms with E-state index >= 15 is 0 Å². The van der Waals surface area contributed by atoms with Gasteiger partial charge >= 0.3 is 0 Å². The van der Waals surface area contributed by atoms with Crippen molar-refractivity contribution in [3.63, 3.8) is 0 Å². The smallest absolute Gasteiger partial charge is 0.261 e. The van der Waals surface area contributed by atoms with Gasteiger partial charge in [0, 0.05) is 13.2 Å². The van der Waals surface area contributed by atoms with E-state index in [1.807, 2.05) is 30.3 Å². The number of aliphatic hydroxyl groups excluding tert-OH is 1. The molecule has 6 heteroatoms. The number of hydrogen-bond donors (Lipinski definition) is 1. The van der Waals surface area contributed by atoms with Crippen LogP contribution in [-0.2, 0) is 27.1 Å². The summed E-state index contributed by atoms with van der Waals surface area (Å²) in [6, 6.07) is 40.0. The van der Waals surface area contributed by atoms with Gasteiger partial charge in [0.25, 0.3) is 8.32 Å². The highest BCUT2D eigenvalue weighted by Crippen LogP contribution is 2.39. The maximum atomic E-state index is 10.1. The highest BCUT2D eigenvalue weighted by molar-refractivity contribution is 6.99. The molecular formula is C41H54O5Si. The molecule has 0 unspecified atom stereocenters. The van der Waals surface area contributed by atoms with Gasteiger partial charge in [0.1, 0.15) is 5.75 Å². The molecule has 0 radical (unpaired) electrons. The molecule has 0 bridgehead atoms. The Morgan fingerprint density at radius 2 is 1.26 bits per heavy atom. The second kappa shape index (κ2) is 18.3. The summed E-state index contributed by atoms with van der Waals surface area (Å²) < 4.78 is 25.8. The van der Waals surface area contributed by atoms with E-state index in [9.17, 15) is 5.11 Å². The summed E-state index contributed by atoms with van der Waals surface area (Å²) in [5, 5.41) is 12.5. The Morgan fingerprint density at radius 3 is 1.79 bits per heavy atom. The lowest BCUT2D eigenvalue weighted by Crippen LogP contribution is -2.68. The second-order valence-corrected chi connectivity index (χ2v) is 17.8. The molecule has 252 valence electrons. The fraction of sp³-hybridized carbons (Fsp3) is 0.415. The van der Waals surface area contributed by atoms with Crippen molar-refractivity contribution in [2.24, 2.45) is 5.92 Å². The van der Waals surface area contributed by atoms with Crippen LogP contribution >= 0.6 is 0 Å². The number of aliphatic hydroxyl groups is 1. The van der Waals surface area contributed by atoms with E-state index in [0.29, 0.717) is 26.2 Å². The van der Waals surface area contributed by atoms with Crippen molar-refractivity contribution in [1.82, 2.24) is 0 Å². The molecule has 0 aliphatic rings. The molecule has 3 atom stereocenters. The third-order valence-electron chi connectivity index (χ3n) is 9.03. The highest BCUT2D eigenvalue weighted by atomic mass is 28.4. The SMILES string of the molecule is COc1ccc(CO[C@H](CCCOCc2ccccc2)C[C@@H](O[Si](c2ccccc2)(c2ccccc2)C(C)(C)C)[C@@H](C)CCO)cc1. The lowest BCUT2D eigenvalue weighted by atomic mass is 9.95. The predicted molar refractivity (Wildman–Crippen MR) is 195 cm³/mol. The first kappa shape index (κ1) is 36.6. The quantitative estimate of drug-likeness (QED) is 0.0822. The molecule has 0 aromatic heterocycles. The van der Waals surface area contributed by atoms with Gasteiger partial charge in [-0.15, -0.1) is 0 Å². The van der Waals surface area contributed by atoms with Crippen LogP contribution in [0.25, 0.3) is 0 Å². The monoisotopic (exact) mass is 654 g/mol. The molecule has 4 rings (SSSR count). The first-order valence-electron chi connectivity index (χ1n) is 17.0. The highest BCUT2D eigenvalue weighted by Gasteiger charge is 2.52. The van der Waals surface area contributed by atoms with Gasteiger partial charge in [-0.2, -0.15) is 0 Å². The molecule has 0 saturated heterocycles. The third-order valence-corrected chi connectivity index (χ3v) is 14.1. The van der Waals surface area contributed by atoms with Gasteiger partial charge in [0.05, 0.1) is 32.5 Å². The van der Waals surface area contributed by atoms with Gasteiger partial charge in [0.2, 0.25) is 0 Å². The zero-order valence-corrected chi connectivity index (χ0v) is 29.9. The van der Waals surface area contributed by atoms with E-state index in [1.54, 1.807) is 7.11 Å². The van der Waals surface area contributed by atoms with Crippen molar-refractivity contribution in [1.29, 1.82) is 0 Å². The first-order chi connectivity index (χ1) is 22.8. The summed E-state index contributed by atoms with van der Waals surface area (Å²) in [5.41, 5.74) is 2.28. The molecule has 4 aromatic rings. The number of hydrogen-bond acceptors (Lipinski definition) is 5. The van der Waals surface area contributed by atoms with Crippen LogP contribution in [0.3, 0.4) is 0 Å². The van der Waals surface area contributed by atoms with Crippen LogP contribution in [0.1, 0.15) is 64.5 Å². The topological polar surface area (TPSA) is 57.2 Å². The van der Waals surface area contributed by atoms with Crippen LogP contribution in [-0.4, -0.2) is 46.0 Å². The van der Waals surface area contributed by atoms with Gasteiger partial charge in [-0.1, -0.05) is 131 Å². The average molecular weight is 655 g/mol. The Hall–Kier alpha value is -3.26. The maximum Gasteiger partial charge on any atom is 0.261 e. The first-order valence-corrected chi connectivity index (χ1v) is 18.9. The largest absolute Gasteiger partial charge is 0.497 e. The number of methoxy groups -OCH3 is 1. The van der Waals surface area contributed by atoms with Crippen LogP contribution in [0, 0.1) is 5.92 Å². The van der Waals surface area contributed by atoms with Crippen LogP contribution in [0.4, 0.5) is 0 Å². The zero-order valence-electron chi connectivity index (χ0n) is 28.9. The van der Waals surface area contributed by atoms with E-state index in [2.05, 4.69) is 113 Å². The van der Waals surface area contributed by atoms with Crippen LogP contribution < -0.4 is 15.1 Å². The van der Waals surface area contributed by atoms with Gasteiger partial charge in [0.15, 0.2) is 0 Å². The lowest BCUT2D eigenvalue weighted by Gasteiger charge is -2.46. The van der Waals surface area contributed by atoms with E-state index in [4.69, 9.17) is 18.6 Å². The van der Waals surface area contributed by atoms with Crippen molar-refractivity contribution in [3.05, 3.63) is 126 Å². The molecule has 47 heavy (non-hydrogen) atoms. The van der Waals surface area contributed by atoms with E-state index < -0.39 is 8.32 Å². The lowest BCUT2D eigenvalue weighted by molar-refractivity contribution is -0.0160. The third kappa shape index (κ3) is 10.4. The Morgan fingerprint density at radius 1 is 0.702 bits per heavy atom. The van der Waals surface area contributed by atoms with Gasteiger partial charge in [-0.05, 0) is 70.3 Å². The Balaban J connectivity index is 1.61. The fourth-order valence-corrected chi connectivity index (χ4v) is 11.1. The Kier molecular flexibility index (Phi) is 14.3. The average Bonchev–Trinajstić information content (AvgIpc) is 3.09. The number of rotatable bonds is 19. The molecule has 4 aromatic carbocycles. The van der Waals surface area contributed by atoms with E-state index in [-0.39, 0.29) is 29.8 Å². The zero-order chi connectivity index (χ0) is 33.5. The minimum absolute atomic E-state index is 0.0539. The maximum absolute atomic E-state index is 10.1. The molecule has 0 spiro atoms. The molecule has 0 fully saturated rings. The summed E-state index contributed by atoms with van der Waals surface area (Å²) in [4.78, 5) is 0. The fourth-order valence-electron chi connectivity index (χ4n) is 6.35. The molecule has 1 N–H and O–H groups in total. The molecule has 5 nitrogen and oxygen atoms in total. The van der Waals surface area contributed by atoms with Crippen molar-refractivity contribution in [3.8, 4) is 5.75 Å². The molecule has 0 saturated carbocycles. The van der Waals surface area contributed by atoms with Crippen molar-refractivity contribution >= 4 is 18.7 Å². The second-order valence-electron chi connectivity index (χ2n) is 13.5. The Bertz CT molecular complexity index is 1370. The van der Waals surface area contributed by atoms with Crippen LogP contribution in [0.15, 0.2) is 115 Å². The standard InChI is InChI=1S/C41H54O5Si/c1-33(27-28-42)40(46-47(41(2,3)4,38-19-11-7-12-20-38)39-21-13-8-14-22-39)30-37(45-32-35-23-25-36(43-5)26-24-35)18-15-29-44-31-34-16-9-6-10-17-34/h6-14,16-17,19-26,33,37,40,42H,15,18,27-32H2,1-5H3/t33-,37+,40+/m0/s1. The van der Waals surface area contributed by atoms with Crippen molar-refractivity contribution in [2.45, 2.75) is 83.8 Å². The van der Waals surface area contributed by atoms with Gasteiger partial charge < -0.3 is 23.7 Å². The minimum Gasteiger partial charge on any atom is -0.497 e. The minimum atomic E-state index is -2.83. The summed E-state index contributed by atoms with van der Waals surface area (Å²) in [6.45, 7) is 11.0. The van der Waals surface area contributed by atoms with Gasteiger partial charge in [-0.25, -0.2) is 0 Å². The van der Waals surface area contributed by atoms with Gasteiger partial charge in [-0.3, -0.25) is 0 Å². The van der Waals surface area contributed by atoms with Crippen LogP contribution in [0.2, 0.25) is 5.04 Å². The predicted octanol–water partition coefficient (Wildman–Crippen LogP) is 7.93. The van der Waals surface area contributed by atoms with Crippen LogP contribution in [0.5, 0.6) is 5.75 Å². The summed E-state index contributed by atoms with van der Waals surface area (Å²) >= 11 is 0. The summed E-state index contributed by atoms with van der Waals surface area (Å²) in [7, 11) is -1.14. The summed E-state index contributed by atoms with van der Waals surface area (Å²) in [5.74, 6) is 0.959. The van der Waals surface area contributed by atoms with Crippen molar-refractivity contribution in [2.75, 3.05) is 20.3 Å². The summed E-state index contributed by atoms with van der Waals surface area (Å²) in [6.07, 6.45) is 2.92. The molecule has 0 aliphatic heterocycles. The normalized spacial score (nSPS) is 14.0. The Labute approximate surface area is 284 Å². The van der Waals surface area contributed by atoms with Crippen molar-refractivity contribution < 1.29 is 23.7 Å². The van der Waals surface area contributed by atoms with E-state index in [0.717, 1.165) is 30.6 Å².